The van der Waals surface area contributed by atoms with Crippen LogP contribution >= 0.6 is 0 Å². The van der Waals surface area contributed by atoms with Crippen molar-refractivity contribution in [3.05, 3.63) is 60.2 Å². The highest BCUT2D eigenvalue weighted by Crippen LogP contribution is 2.22. The quantitative estimate of drug-likeness (QED) is 0.805. The van der Waals surface area contributed by atoms with Crippen molar-refractivity contribution < 1.29 is 9.47 Å². The first-order valence-corrected chi connectivity index (χ1v) is 6.49. The van der Waals surface area contributed by atoms with Crippen molar-refractivity contribution in [2.24, 2.45) is 0 Å². The minimum absolute atomic E-state index is 0.174. The second kappa shape index (κ2) is 5.79. The number of ether oxygens (including phenoxy) is 2. The number of hydrogen-bond acceptors (Lipinski definition) is 2. The molecule has 19 heavy (non-hydrogen) atoms. The molecule has 0 N–H and O–H groups in total. The summed E-state index contributed by atoms with van der Waals surface area (Å²) in [6, 6.07) is 17.9. The summed E-state index contributed by atoms with van der Waals surface area (Å²) in [5.41, 5.74) is 0.990. The van der Waals surface area contributed by atoms with Gasteiger partial charge in [-0.2, -0.15) is 0 Å². The maximum Gasteiger partial charge on any atom is 0.120 e. The molecule has 0 aromatic heterocycles. The van der Waals surface area contributed by atoms with Crippen LogP contribution in [0.1, 0.15) is 26.3 Å². The molecule has 0 amide bonds. The van der Waals surface area contributed by atoms with Crippen LogP contribution in [0.3, 0.4) is 0 Å². The lowest BCUT2D eigenvalue weighted by Gasteiger charge is -2.21. The van der Waals surface area contributed by atoms with Crippen LogP contribution in [0, 0.1) is 0 Å². The maximum absolute atomic E-state index is 5.76. The molecule has 0 atom stereocenters. The van der Waals surface area contributed by atoms with E-state index in [1.54, 1.807) is 0 Å². The smallest absolute Gasteiger partial charge is 0.120 e. The first kappa shape index (κ1) is 13.5. The van der Waals surface area contributed by atoms with E-state index in [4.69, 9.17) is 9.47 Å². The summed E-state index contributed by atoms with van der Waals surface area (Å²) in [4.78, 5) is 0. The van der Waals surface area contributed by atoms with E-state index in [9.17, 15) is 0 Å². The molecule has 0 spiro atoms. The Morgan fingerprint density at radius 3 is 1.95 bits per heavy atom. The zero-order valence-corrected chi connectivity index (χ0v) is 11.7. The Hall–Kier alpha value is -1.96. The normalized spacial score (nSPS) is 11.1. The predicted molar refractivity (Wildman–Crippen MR) is 77.6 cm³/mol. The summed E-state index contributed by atoms with van der Waals surface area (Å²) in [5.74, 6) is 1.71. The first-order valence-electron chi connectivity index (χ1n) is 6.49. The molecule has 0 unspecified atom stereocenters. The molecule has 2 heteroatoms. The van der Waals surface area contributed by atoms with Crippen LogP contribution in [0.2, 0.25) is 0 Å². The summed E-state index contributed by atoms with van der Waals surface area (Å²) >= 11 is 0. The predicted octanol–water partition coefficient (Wildman–Crippen LogP) is 4.44. The molecule has 100 valence electrons. The van der Waals surface area contributed by atoms with Crippen LogP contribution in [0.5, 0.6) is 11.5 Å². The molecule has 0 radical (unpaired) electrons. The summed E-state index contributed by atoms with van der Waals surface area (Å²) in [5, 5.41) is 0. The Bertz CT molecular complexity index is 495. The van der Waals surface area contributed by atoms with E-state index < -0.39 is 0 Å². The number of hydrogen-bond donors (Lipinski definition) is 0. The van der Waals surface area contributed by atoms with Gasteiger partial charge in [0.1, 0.15) is 23.7 Å². The zero-order valence-electron chi connectivity index (χ0n) is 11.7. The van der Waals surface area contributed by atoms with E-state index in [-0.39, 0.29) is 5.60 Å². The van der Waals surface area contributed by atoms with Crippen molar-refractivity contribution in [2.75, 3.05) is 0 Å². The van der Waals surface area contributed by atoms with Crippen molar-refractivity contribution in [1.82, 2.24) is 0 Å². The fraction of sp³-hybridized carbons (Fsp3) is 0.294. The average Bonchev–Trinajstić information content (AvgIpc) is 2.37. The molecule has 0 bridgehead atoms. The standard InChI is InChI=1S/C17H20O2/c1-17(2,3)19-16-11-9-15(10-12-16)18-13-14-7-5-4-6-8-14/h4-12H,13H2,1-3H3. The fourth-order valence-electron chi connectivity index (χ4n) is 1.70. The second-order valence-electron chi connectivity index (χ2n) is 5.46. The van der Waals surface area contributed by atoms with Crippen LogP contribution in [-0.2, 0) is 6.61 Å². The van der Waals surface area contributed by atoms with Gasteiger partial charge in [-0.3, -0.25) is 0 Å². The molecule has 2 aromatic carbocycles. The van der Waals surface area contributed by atoms with Crippen molar-refractivity contribution in [3.8, 4) is 11.5 Å². The van der Waals surface area contributed by atoms with E-state index >= 15 is 0 Å². The van der Waals surface area contributed by atoms with E-state index in [1.807, 2.05) is 63.2 Å². The summed E-state index contributed by atoms with van der Waals surface area (Å²) in [7, 11) is 0. The van der Waals surface area contributed by atoms with Gasteiger partial charge in [0.05, 0.1) is 0 Å². The topological polar surface area (TPSA) is 18.5 Å². The molecule has 0 aliphatic carbocycles. The van der Waals surface area contributed by atoms with Gasteiger partial charge in [0.25, 0.3) is 0 Å². The van der Waals surface area contributed by atoms with Gasteiger partial charge >= 0.3 is 0 Å². The van der Waals surface area contributed by atoms with Crippen molar-refractivity contribution >= 4 is 0 Å². The van der Waals surface area contributed by atoms with E-state index in [2.05, 4.69) is 12.1 Å². The Morgan fingerprint density at radius 2 is 1.37 bits per heavy atom. The molecule has 0 heterocycles. The Morgan fingerprint density at radius 1 is 0.789 bits per heavy atom. The van der Waals surface area contributed by atoms with Gasteiger partial charge in [-0.15, -0.1) is 0 Å². The lowest BCUT2D eigenvalue weighted by Crippen LogP contribution is -2.22. The highest BCUT2D eigenvalue weighted by atomic mass is 16.5. The van der Waals surface area contributed by atoms with Crippen LogP contribution < -0.4 is 9.47 Å². The molecule has 2 rings (SSSR count). The number of benzene rings is 2. The van der Waals surface area contributed by atoms with Gasteiger partial charge in [-0.1, -0.05) is 30.3 Å². The molecule has 0 fully saturated rings. The first-order chi connectivity index (χ1) is 9.03. The largest absolute Gasteiger partial charge is 0.489 e. The molecule has 0 saturated heterocycles. The third kappa shape index (κ3) is 4.66. The molecular formula is C17H20O2. The molecule has 0 aliphatic heterocycles. The van der Waals surface area contributed by atoms with Gasteiger partial charge in [-0.25, -0.2) is 0 Å². The van der Waals surface area contributed by atoms with E-state index in [0.29, 0.717) is 6.61 Å². The van der Waals surface area contributed by atoms with Crippen LogP contribution in [0.15, 0.2) is 54.6 Å². The SMILES string of the molecule is CC(C)(C)Oc1ccc(OCc2ccccc2)cc1. The summed E-state index contributed by atoms with van der Waals surface area (Å²) < 4.78 is 11.5. The van der Waals surface area contributed by atoms with Gasteiger partial charge in [0.2, 0.25) is 0 Å². The van der Waals surface area contributed by atoms with Gasteiger partial charge in [0, 0.05) is 0 Å². The molecule has 0 saturated carbocycles. The molecule has 0 aliphatic rings. The fourth-order valence-corrected chi connectivity index (χ4v) is 1.70. The van der Waals surface area contributed by atoms with E-state index in [0.717, 1.165) is 17.1 Å². The molecule has 2 nitrogen and oxygen atoms in total. The molecular weight excluding hydrogens is 236 g/mol. The third-order valence-electron chi connectivity index (χ3n) is 2.50. The van der Waals surface area contributed by atoms with Gasteiger partial charge in [-0.05, 0) is 50.6 Å². The third-order valence-corrected chi connectivity index (χ3v) is 2.50. The lowest BCUT2D eigenvalue weighted by molar-refractivity contribution is 0.130. The second-order valence-corrected chi connectivity index (χ2v) is 5.46. The zero-order chi connectivity index (χ0) is 13.7. The Balaban J connectivity index is 1.92. The van der Waals surface area contributed by atoms with Gasteiger partial charge in [0.15, 0.2) is 0 Å². The Kier molecular flexibility index (Phi) is 4.10. The van der Waals surface area contributed by atoms with E-state index in [1.165, 1.54) is 0 Å². The Labute approximate surface area is 115 Å². The van der Waals surface area contributed by atoms with Crippen molar-refractivity contribution in [2.45, 2.75) is 33.0 Å². The summed E-state index contributed by atoms with van der Waals surface area (Å²) in [6.45, 7) is 6.69. The number of rotatable bonds is 4. The van der Waals surface area contributed by atoms with Crippen LogP contribution in [0.25, 0.3) is 0 Å². The average molecular weight is 256 g/mol. The lowest BCUT2D eigenvalue weighted by atomic mass is 10.2. The monoisotopic (exact) mass is 256 g/mol. The highest BCUT2D eigenvalue weighted by molar-refractivity contribution is 5.31. The highest BCUT2D eigenvalue weighted by Gasteiger charge is 2.11. The summed E-state index contributed by atoms with van der Waals surface area (Å²) in [6.07, 6.45) is 0. The molecule has 2 aromatic rings. The van der Waals surface area contributed by atoms with Crippen LogP contribution in [-0.4, -0.2) is 5.60 Å². The van der Waals surface area contributed by atoms with Crippen molar-refractivity contribution in [1.29, 1.82) is 0 Å². The minimum atomic E-state index is -0.174. The van der Waals surface area contributed by atoms with Crippen LogP contribution in [0.4, 0.5) is 0 Å². The van der Waals surface area contributed by atoms with Crippen molar-refractivity contribution in [3.63, 3.8) is 0 Å². The van der Waals surface area contributed by atoms with Gasteiger partial charge < -0.3 is 9.47 Å². The maximum atomic E-state index is 5.76. The minimum Gasteiger partial charge on any atom is -0.489 e.